The molecule has 4 nitrogen and oxygen atoms in total. The number of rotatable bonds is 10. The first-order chi connectivity index (χ1) is 15.7. The second kappa shape index (κ2) is 10.5. The van der Waals surface area contributed by atoms with Gasteiger partial charge in [0.25, 0.3) is 5.91 Å². The van der Waals surface area contributed by atoms with Crippen molar-refractivity contribution in [1.29, 1.82) is 0 Å². The van der Waals surface area contributed by atoms with Gasteiger partial charge in [-0.1, -0.05) is 82.0 Å². The molecule has 0 fully saturated rings. The zero-order valence-corrected chi connectivity index (χ0v) is 19.3. The second-order valence-electron chi connectivity index (χ2n) is 8.55. The molecule has 0 saturated carbocycles. The summed E-state index contributed by atoms with van der Waals surface area (Å²) in [5, 5.41) is 5.94. The maximum absolute atomic E-state index is 13.4. The third-order valence-corrected chi connectivity index (χ3v) is 6.20. The Bertz CT molecular complexity index is 1060. The van der Waals surface area contributed by atoms with Gasteiger partial charge in [0, 0.05) is 17.8 Å². The van der Waals surface area contributed by atoms with Gasteiger partial charge in [-0.25, -0.2) is 0 Å². The molecule has 4 heteroatoms. The van der Waals surface area contributed by atoms with Crippen molar-refractivity contribution in [2.75, 3.05) is 18.5 Å². The summed E-state index contributed by atoms with van der Waals surface area (Å²) in [5.41, 5.74) is 2.66. The minimum absolute atomic E-state index is 0.0737. The number of benzene rings is 3. The van der Waals surface area contributed by atoms with E-state index in [4.69, 9.17) is 4.74 Å². The van der Waals surface area contributed by atoms with Crippen LogP contribution in [0.5, 0.6) is 5.75 Å². The molecule has 0 spiro atoms. The summed E-state index contributed by atoms with van der Waals surface area (Å²) >= 11 is 0. The van der Waals surface area contributed by atoms with Crippen LogP contribution < -0.4 is 10.1 Å². The number of ether oxygens (including phenoxy) is 1. The Kier molecular flexibility index (Phi) is 7.31. The van der Waals surface area contributed by atoms with E-state index in [1.807, 2.05) is 29.2 Å². The van der Waals surface area contributed by atoms with Crippen molar-refractivity contribution in [3.8, 4) is 5.75 Å². The fraction of sp³-hybridized carbons (Fsp3) is 0.393. The maximum atomic E-state index is 13.4. The van der Waals surface area contributed by atoms with Crippen molar-refractivity contribution in [3.05, 3.63) is 71.8 Å². The van der Waals surface area contributed by atoms with Gasteiger partial charge >= 0.3 is 0 Å². The number of fused-ring (bicyclic) bond motifs is 2. The van der Waals surface area contributed by atoms with E-state index >= 15 is 0 Å². The predicted molar refractivity (Wildman–Crippen MR) is 132 cm³/mol. The Balaban J connectivity index is 1.71. The molecule has 1 heterocycles. The van der Waals surface area contributed by atoms with Gasteiger partial charge in [-0.15, -0.1) is 0 Å². The molecule has 32 heavy (non-hydrogen) atoms. The zero-order chi connectivity index (χ0) is 22.3. The quantitative estimate of drug-likeness (QED) is 0.347. The summed E-state index contributed by atoms with van der Waals surface area (Å²) in [7, 11) is 0. The summed E-state index contributed by atoms with van der Waals surface area (Å²) in [4.78, 5) is 15.4. The molecule has 168 valence electrons. The van der Waals surface area contributed by atoms with Gasteiger partial charge in [0.2, 0.25) is 0 Å². The molecule has 3 aromatic carbocycles. The number of amides is 1. The molecule has 0 radical (unpaired) electrons. The molecule has 1 aliphatic heterocycles. The second-order valence-corrected chi connectivity index (χ2v) is 8.55. The minimum Gasteiger partial charge on any atom is -0.493 e. The first-order valence-electron chi connectivity index (χ1n) is 12.1. The standard InChI is InChI=1S/C28H34N2O2/c1-3-5-6-7-12-20-32-25-18-17-21-13-8-9-14-22(21)26(25)27-29-24-16-11-10-15-23(24)28(31)30(27)19-4-2/h8-11,13-18,27,29H,3-7,12,19-20H2,1-2H3. The van der Waals surface area contributed by atoms with E-state index < -0.39 is 0 Å². The topological polar surface area (TPSA) is 41.6 Å². The fourth-order valence-electron chi connectivity index (χ4n) is 4.56. The number of hydrogen-bond acceptors (Lipinski definition) is 3. The molecule has 1 atom stereocenters. The van der Waals surface area contributed by atoms with Crippen LogP contribution in [0.25, 0.3) is 10.8 Å². The number of hydrogen-bond donors (Lipinski definition) is 1. The monoisotopic (exact) mass is 430 g/mol. The molecule has 1 aliphatic rings. The lowest BCUT2D eigenvalue weighted by Crippen LogP contribution is -2.43. The lowest BCUT2D eigenvalue weighted by molar-refractivity contribution is 0.0682. The van der Waals surface area contributed by atoms with E-state index in [2.05, 4.69) is 55.6 Å². The van der Waals surface area contributed by atoms with Crippen LogP contribution in [0, 0.1) is 0 Å². The van der Waals surface area contributed by atoms with Crippen LogP contribution in [-0.2, 0) is 0 Å². The zero-order valence-electron chi connectivity index (χ0n) is 19.3. The number of carbonyl (C=O) groups is 1. The molecule has 1 unspecified atom stereocenters. The number of para-hydroxylation sites is 1. The largest absolute Gasteiger partial charge is 0.493 e. The van der Waals surface area contributed by atoms with E-state index in [0.29, 0.717) is 13.2 Å². The van der Waals surface area contributed by atoms with Gasteiger partial charge in [0.15, 0.2) is 0 Å². The molecular weight excluding hydrogens is 396 g/mol. The normalized spacial score (nSPS) is 15.5. The smallest absolute Gasteiger partial charge is 0.257 e. The first kappa shape index (κ1) is 22.2. The SMILES string of the molecule is CCCCCCCOc1ccc2ccccc2c1C1Nc2ccccc2C(=O)N1CCC. The van der Waals surface area contributed by atoms with Gasteiger partial charge < -0.3 is 15.0 Å². The van der Waals surface area contributed by atoms with E-state index in [0.717, 1.165) is 46.2 Å². The Morgan fingerprint density at radius 2 is 1.66 bits per heavy atom. The van der Waals surface area contributed by atoms with Crippen molar-refractivity contribution in [2.45, 2.75) is 58.5 Å². The molecule has 4 rings (SSSR count). The van der Waals surface area contributed by atoms with Crippen molar-refractivity contribution < 1.29 is 9.53 Å². The summed E-state index contributed by atoms with van der Waals surface area (Å²) in [6.07, 6.45) is 6.64. The van der Waals surface area contributed by atoms with Crippen molar-refractivity contribution >= 4 is 22.4 Å². The average molecular weight is 431 g/mol. The van der Waals surface area contributed by atoms with Crippen LogP contribution >= 0.6 is 0 Å². The summed E-state index contributed by atoms with van der Waals surface area (Å²) in [6.45, 7) is 5.72. The van der Waals surface area contributed by atoms with Crippen LogP contribution in [0.4, 0.5) is 5.69 Å². The summed E-state index contributed by atoms with van der Waals surface area (Å²) in [5.74, 6) is 0.939. The van der Waals surface area contributed by atoms with Gasteiger partial charge in [-0.3, -0.25) is 4.79 Å². The van der Waals surface area contributed by atoms with Crippen molar-refractivity contribution in [1.82, 2.24) is 4.90 Å². The van der Waals surface area contributed by atoms with Crippen LogP contribution in [0.15, 0.2) is 60.7 Å². The summed E-state index contributed by atoms with van der Waals surface area (Å²) in [6, 6.07) is 20.3. The lowest BCUT2D eigenvalue weighted by atomic mass is 9.97. The molecule has 0 aliphatic carbocycles. The highest BCUT2D eigenvalue weighted by molar-refractivity contribution is 6.02. The van der Waals surface area contributed by atoms with Gasteiger partial charge in [-0.05, 0) is 41.8 Å². The highest BCUT2D eigenvalue weighted by atomic mass is 16.5. The molecule has 0 aromatic heterocycles. The van der Waals surface area contributed by atoms with Crippen LogP contribution in [-0.4, -0.2) is 24.0 Å². The summed E-state index contributed by atoms with van der Waals surface area (Å²) < 4.78 is 6.35. The Labute approximate surface area is 191 Å². The average Bonchev–Trinajstić information content (AvgIpc) is 2.83. The lowest BCUT2D eigenvalue weighted by Gasteiger charge is -2.39. The van der Waals surface area contributed by atoms with Gasteiger partial charge in [0.05, 0.1) is 12.2 Å². The first-order valence-corrected chi connectivity index (χ1v) is 12.1. The van der Waals surface area contributed by atoms with Crippen LogP contribution in [0.1, 0.15) is 74.5 Å². The molecule has 1 N–H and O–H groups in total. The number of anilines is 1. The minimum atomic E-state index is -0.265. The molecule has 0 saturated heterocycles. The van der Waals surface area contributed by atoms with E-state index in [-0.39, 0.29) is 12.1 Å². The number of nitrogens with one attached hydrogen (secondary N) is 1. The van der Waals surface area contributed by atoms with E-state index in [9.17, 15) is 4.79 Å². The molecular formula is C28H34N2O2. The molecule has 1 amide bonds. The van der Waals surface area contributed by atoms with E-state index in [1.165, 1.54) is 25.7 Å². The highest BCUT2D eigenvalue weighted by Crippen LogP contribution is 2.40. The highest BCUT2D eigenvalue weighted by Gasteiger charge is 2.34. The molecule has 3 aromatic rings. The number of unbranched alkanes of at least 4 members (excludes halogenated alkanes) is 4. The maximum Gasteiger partial charge on any atom is 0.257 e. The fourth-order valence-corrected chi connectivity index (χ4v) is 4.56. The Morgan fingerprint density at radius 1 is 0.875 bits per heavy atom. The van der Waals surface area contributed by atoms with Crippen LogP contribution in [0.3, 0.4) is 0 Å². The van der Waals surface area contributed by atoms with Crippen molar-refractivity contribution in [2.24, 2.45) is 0 Å². The predicted octanol–water partition coefficient (Wildman–Crippen LogP) is 7.17. The van der Waals surface area contributed by atoms with E-state index in [1.54, 1.807) is 0 Å². The van der Waals surface area contributed by atoms with Gasteiger partial charge in [0.1, 0.15) is 11.9 Å². The van der Waals surface area contributed by atoms with Gasteiger partial charge in [-0.2, -0.15) is 0 Å². The Hall–Kier alpha value is -3.01. The third-order valence-electron chi connectivity index (χ3n) is 6.20. The molecule has 0 bridgehead atoms. The number of nitrogens with zero attached hydrogens (tertiary/aromatic N) is 1. The van der Waals surface area contributed by atoms with Crippen molar-refractivity contribution in [3.63, 3.8) is 0 Å². The van der Waals surface area contributed by atoms with Crippen LogP contribution in [0.2, 0.25) is 0 Å². The number of carbonyl (C=O) groups excluding carboxylic acids is 1. The Morgan fingerprint density at radius 3 is 2.50 bits per heavy atom. The third kappa shape index (κ3) is 4.59.